The molecule has 4 heteroatoms. The van der Waals surface area contributed by atoms with Crippen LogP contribution in [0, 0.1) is 6.92 Å². The smallest absolute Gasteiger partial charge is 0.0963 e. The number of hydrogen-bond acceptors (Lipinski definition) is 4. The maximum Gasteiger partial charge on any atom is 0.0963 e. The van der Waals surface area contributed by atoms with Crippen molar-refractivity contribution in [3.05, 3.63) is 21.9 Å². The predicted octanol–water partition coefficient (Wildman–Crippen LogP) is 2.14. The Labute approximate surface area is 99.3 Å². The van der Waals surface area contributed by atoms with Crippen LogP contribution in [0.15, 0.2) is 11.4 Å². The van der Waals surface area contributed by atoms with E-state index >= 15 is 0 Å². The first-order chi connectivity index (χ1) is 7.20. The molecule has 0 spiro atoms. The molecule has 2 atom stereocenters. The number of thiophene rings is 1. The molecule has 0 aromatic carbocycles. The zero-order valence-corrected chi connectivity index (χ0v) is 10.8. The second-order valence-electron chi connectivity index (χ2n) is 4.00. The fourth-order valence-electron chi connectivity index (χ4n) is 1.95. The van der Waals surface area contributed by atoms with Gasteiger partial charge in [0.15, 0.2) is 0 Å². The molecule has 1 aromatic heterocycles. The normalized spacial score (nSPS) is 25.4. The Balaban J connectivity index is 2.13. The van der Waals surface area contributed by atoms with Crippen LogP contribution in [0.1, 0.15) is 16.5 Å². The number of rotatable bonds is 2. The van der Waals surface area contributed by atoms with Gasteiger partial charge in [0.2, 0.25) is 0 Å². The van der Waals surface area contributed by atoms with Crippen LogP contribution in [0.5, 0.6) is 0 Å². The molecular weight excluding hydrogens is 226 g/mol. The molecule has 0 amide bonds. The summed E-state index contributed by atoms with van der Waals surface area (Å²) in [6.45, 7) is 3.16. The van der Waals surface area contributed by atoms with Gasteiger partial charge in [-0.25, -0.2) is 0 Å². The van der Waals surface area contributed by atoms with Crippen molar-refractivity contribution in [2.45, 2.75) is 19.1 Å². The predicted molar refractivity (Wildman–Crippen MR) is 67.8 cm³/mol. The zero-order valence-electron chi connectivity index (χ0n) is 9.14. The van der Waals surface area contributed by atoms with Crippen LogP contribution in [0.3, 0.4) is 0 Å². The summed E-state index contributed by atoms with van der Waals surface area (Å²) in [5.74, 6) is 2.22. The number of thioether (sulfide) groups is 1. The SMILES string of the molecule is Cc1sccc1C(O)C1CSCCN1C. The number of aliphatic hydroxyl groups is 1. The van der Waals surface area contributed by atoms with Gasteiger partial charge in [0.1, 0.15) is 0 Å². The van der Waals surface area contributed by atoms with E-state index in [1.165, 1.54) is 10.6 Å². The molecule has 1 aliphatic rings. The maximum absolute atomic E-state index is 10.3. The van der Waals surface area contributed by atoms with Gasteiger partial charge in [0.05, 0.1) is 6.10 Å². The van der Waals surface area contributed by atoms with Crippen molar-refractivity contribution < 1.29 is 5.11 Å². The number of nitrogens with zero attached hydrogens (tertiary/aromatic N) is 1. The lowest BCUT2D eigenvalue weighted by molar-refractivity contribution is 0.0758. The quantitative estimate of drug-likeness (QED) is 0.861. The van der Waals surface area contributed by atoms with E-state index < -0.39 is 0 Å². The van der Waals surface area contributed by atoms with Crippen molar-refractivity contribution in [2.75, 3.05) is 25.1 Å². The summed E-state index contributed by atoms with van der Waals surface area (Å²) in [6, 6.07) is 2.33. The number of hydrogen-bond donors (Lipinski definition) is 1. The largest absolute Gasteiger partial charge is 0.387 e. The molecule has 0 bridgehead atoms. The molecule has 15 heavy (non-hydrogen) atoms. The monoisotopic (exact) mass is 243 g/mol. The second-order valence-corrected chi connectivity index (χ2v) is 6.27. The minimum Gasteiger partial charge on any atom is -0.387 e. The summed E-state index contributed by atoms with van der Waals surface area (Å²) in [5, 5.41) is 12.4. The van der Waals surface area contributed by atoms with Crippen molar-refractivity contribution in [1.82, 2.24) is 4.90 Å². The van der Waals surface area contributed by atoms with E-state index in [2.05, 4.69) is 30.3 Å². The van der Waals surface area contributed by atoms with Crippen LogP contribution < -0.4 is 0 Å². The van der Waals surface area contributed by atoms with Gasteiger partial charge in [-0.1, -0.05) is 0 Å². The van der Waals surface area contributed by atoms with E-state index in [9.17, 15) is 5.11 Å². The summed E-state index contributed by atoms with van der Waals surface area (Å²) < 4.78 is 0. The average Bonchev–Trinajstić information content (AvgIpc) is 2.64. The summed E-state index contributed by atoms with van der Waals surface area (Å²) >= 11 is 3.65. The minimum atomic E-state index is -0.325. The molecule has 1 fully saturated rings. The molecule has 2 unspecified atom stereocenters. The standard InChI is InChI=1S/C11H17NOS2/c1-8-9(3-5-15-8)11(13)10-7-14-6-4-12(10)2/h3,5,10-11,13H,4,6-7H2,1-2H3. The van der Waals surface area contributed by atoms with Gasteiger partial charge in [-0.3, -0.25) is 4.90 Å². The first-order valence-electron chi connectivity index (χ1n) is 5.20. The number of likely N-dealkylation sites (N-methyl/N-ethyl adjacent to an activating group) is 1. The van der Waals surface area contributed by atoms with Crippen molar-refractivity contribution in [3.8, 4) is 0 Å². The molecule has 2 nitrogen and oxygen atoms in total. The highest BCUT2D eigenvalue weighted by Gasteiger charge is 2.28. The van der Waals surface area contributed by atoms with E-state index in [1.807, 2.05) is 11.8 Å². The Kier molecular flexibility index (Phi) is 3.72. The molecule has 1 aromatic rings. The molecule has 1 aliphatic heterocycles. The van der Waals surface area contributed by atoms with Gasteiger partial charge in [-0.15, -0.1) is 11.3 Å². The van der Waals surface area contributed by atoms with Crippen LogP contribution in [0.2, 0.25) is 0 Å². The Morgan fingerprint density at radius 1 is 1.60 bits per heavy atom. The molecule has 0 aliphatic carbocycles. The van der Waals surface area contributed by atoms with Gasteiger partial charge >= 0.3 is 0 Å². The van der Waals surface area contributed by atoms with Crippen molar-refractivity contribution in [1.29, 1.82) is 0 Å². The lowest BCUT2D eigenvalue weighted by atomic mass is 10.0. The van der Waals surface area contributed by atoms with Crippen molar-refractivity contribution >= 4 is 23.1 Å². The molecule has 2 heterocycles. The van der Waals surface area contributed by atoms with Gasteiger partial charge in [-0.2, -0.15) is 11.8 Å². The third kappa shape index (κ3) is 2.38. The second kappa shape index (κ2) is 4.87. The fourth-order valence-corrected chi connectivity index (χ4v) is 3.95. The molecule has 0 radical (unpaired) electrons. The topological polar surface area (TPSA) is 23.5 Å². The molecular formula is C11H17NOS2. The fraction of sp³-hybridized carbons (Fsp3) is 0.636. The van der Waals surface area contributed by atoms with Crippen LogP contribution in [0.25, 0.3) is 0 Å². The highest BCUT2D eigenvalue weighted by molar-refractivity contribution is 7.99. The lowest BCUT2D eigenvalue weighted by Crippen LogP contribution is -2.43. The minimum absolute atomic E-state index is 0.275. The lowest BCUT2D eigenvalue weighted by Gasteiger charge is -2.35. The van der Waals surface area contributed by atoms with E-state index in [0.29, 0.717) is 0 Å². The van der Waals surface area contributed by atoms with Crippen molar-refractivity contribution in [2.24, 2.45) is 0 Å². The van der Waals surface area contributed by atoms with Gasteiger partial charge in [-0.05, 0) is 31.0 Å². The first-order valence-corrected chi connectivity index (χ1v) is 7.23. The molecule has 0 saturated carbocycles. The Morgan fingerprint density at radius 2 is 2.40 bits per heavy atom. The van der Waals surface area contributed by atoms with E-state index in [4.69, 9.17) is 0 Å². The summed E-state index contributed by atoms with van der Waals surface area (Å²) in [4.78, 5) is 3.52. The van der Waals surface area contributed by atoms with E-state index in [-0.39, 0.29) is 12.1 Å². The van der Waals surface area contributed by atoms with Crippen LogP contribution in [-0.4, -0.2) is 41.1 Å². The van der Waals surface area contributed by atoms with Gasteiger partial charge in [0.25, 0.3) is 0 Å². The maximum atomic E-state index is 10.3. The van der Waals surface area contributed by atoms with Crippen molar-refractivity contribution in [3.63, 3.8) is 0 Å². The summed E-state index contributed by atoms with van der Waals surface area (Å²) in [7, 11) is 2.11. The average molecular weight is 243 g/mol. The van der Waals surface area contributed by atoms with Gasteiger partial charge in [0, 0.05) is 29.0 Å². The number of aliphatic hydroxyl groups excluding tert-OH is 1. The molecule has 2 rings (SSSR count). The van der Waals surface area contributed by atoms with Crippen LogP contribution in [0.4, 0.5) is 0 Å². The Bertz CT molecular complexity index is 326. The highest BCUT2D eigenvalue weighted by Crippen LogP contribution is 2.30. The highest BCUT2D eigenvalue weighted by atomic mass is 32.2. The summed E-state index contributed by atoms with van der Waals surface area (Å²) in [6.07, 6.45) is -0.325. The van der Waals surface area contributed by atoms with E-state index in [1.54, 1.807) is 11.3 Å². The van der Waals surface area contributed by atoms with Crippen LogP contribution in [-0.2, 0) is 0 Å². The van der Waals surface area contributed by atoms with E-state index in [0.717, 1.165) is 17.9 Å². The third-order valence-electron chi connectivity index (χ3n) is 3.03. The molecule has 1 N–H and O–H groups in total. The first kappa shape index (κ1) is 11.5. The molecule has 1 saturated heterocycles. The summed E-state index contributed by atoms with van der Waals surface area (Å²) in [5.41, 5.74) is 1.11. The Hall–Kier alpha value is -0.0300. The molecule has 84 valence electrons. The Morgan fingerprint density at radius 3 is 3.00 bits per heavy atom. The zero-order chi connectivity index (χ0) is 10.8. The van der Waals surface area contributed by atoms with Gasteiger partial charge < -0.3 is 5.11 Å². The number of aryl methyl sites for hydroxylation is 1. The van der Waals surface area contributed by atoms with Crippen LogP contribution >= 0.6 is 23.1 Å². The third-order valence-corrected chi connectivity index (χ3v) is 4.94.